The molecule has 140 valence electrons. The minimum Gasteiger partial charge on any atom is -0.370 e. The first-order valence-corrected chi connectivity index (χ1v) is 9.69. The minimum atomic E-state index is 0.392. The Bertz CT molecular complexity index is 722. The van der Waals surface area contributed by atoms with Gasteiger partial charge in [0.15, 0.2) is 0 Å². The van der Waals surface area contributed by atoms with Crippen LogP contribution in [0.2, 0.25) is 0 Å². The van der Waals surface area contributed by atoms with Gasteiger partial charge in [0.25, 0.3) is 0 Å². The van der Waals surface area contributed by atoms with Crippen molar-refractivity contribution >= 4 is 11.6 Å². The van der Waals surface area contributed by atoms with Gasteiger partial charge in [-0.3, -0.25) is 4.90 Å². The molecule has 4 heterocycles. The van der Waals surface area contributed by atoms with E-state index in [4.69, 9.17) is 0 Å². The standard InChI is InChI=1S/C19H29N7/c1-24-7-5-6-15(19(24)16-12-20-14-25(16)2)11-21-17-10-18(23-13-22-17)26-8-3-4-9-26/h10,12-15,19H,3-9,11H2,1-2H3,(H,21,22,23)/t15-,19+/m0/s1. The molecule has 0 aromatic carbocycles. The zero-order chi connectivity index (χ0) is 17.9. The number of aryl methyl sites for hydroxylation is 1. The molecule has 4 rings (SSSR count). The van der Waals surface area contributed by atoms with Crippen LogP contribution in [0.3, 0.4) is 0 Å². The summed E-state index contributed by atoms with van der Waals surface area (Å²) in [4.78, 5) is 18.0. The molecule has 2 saturated heterocycles. The fourth-order valence-corrected chi connectivity index (χ4v) is 4.39. The van der Waals surface area contributed by atoms with Crippen molar-refractivity contribution in [3.8, 4) is 0 Å². The maximum absolute atomic E-state index is 4.45. The van der Waals surface area contributed by atoms with Gasteiger partial charge < -0.3 is 14.8 Å². The Hall–Kier alpha value is -2.15. The number of nitrogens with one attached hydrogen (secondary N) is 1. The van der Waals surface area contributed by atoms with Crippen molar-refractivity contribution in [1.82, 2.24) is 24.4 Å². The highest BCUT2D eigenvalue weighted by Gasteiger charge is 2.32. The molecule has 0 radical (unpaired) electrons. The molecule has 0 amide bonds. The van der Waals surface area contributed by atoms with E-state index >= 15 is 0 Å². The largest absolute Gasteiger partial charge is 0.370 e. The van der Waals surface area contributed by atoms with Crippen LogP contribution in [0.5, 0.6) is 0 Å². The van der Waals surface area contributed by atoms with Gasteiger partial charge in [-0.2, -0.15) is 0 Å². The van der Waals surface area contributed by atoms with E-state index in [1.807, 2.05) is 12.5 Å². The highest BCUT2D eigenvalue weighted by molar-refractivity contribution is 5.49. The second-order valence-electron chi connectivity index (χ2n) is 7.59. The maximum atomic E-state index is 4.45. The summed E-state index contributed by atoms with van der Waals surface area (Å²) in [7, 11) is 4.31. The highest BCUT2D eigenvalue weighted by atomic mass is 15.2. The lowest BCUT2D eigenvalue weighted by Crippen LogP contribution is -2.39. The second kappa shape index (κ2) is 7.61. The first-order chi connectivity index (χ1) is 12.7. The number of rotatable bonds is 5. The van der Waals surface area contributed by atoms with E-state index in [9.17, 15) is 0 Å². The van der Waals surface area contributed by atoms with Crippen LogP contribution in [-0.4, -0.2) is 57.6 Å². The topological polar surface area (TPSA) is 62.1 Å². The summed E-state index contributed by atoms with van der Waals surface area (Å²) < 4.78 is 2.15. The molecule has 26 heavy (non-hydrogen) atoms. The molecule has 2 aliphatic heterocycles. The van der Waals surface area contributed by atoms with E-state index in [2.05, 4.69) is 54.8 Å². The third-order valence-electron chi connectivity index (χ3n) is 5.79. The van der Waals surface area contributed by atoms with Gasteiger partial charge >= 0.3 is 0 Å². The Morgan fingerprint density at radius 2 is 1.96 bits per heavy atom. The molecule has 0 bridgehead atoms. The lowest BCUT2D eigenvalue weighted by atomic mass is 9.87. The lowest BCUT2D eigenvalue weighted by Gasteiger charge is -2.39. The van der Waals surface area contributed by atoms with E-state index in [0.29, 0.717) is 12.0 Å². The number of anilines is 2. The van der Waals surface area contributed by atoms with Crippen LogP contribution >= 0.6 is 0 Å². The second-order valence-corrected chi connectivity index (χ2v) is 7.59. The molecule has 0 saturated carbocycles. The third kappa shape index (κ3) is 3.53. The summed E-state index contributed by atoms with van der Waals surface area (Å²) in [5, 5.41) is 3.58. The number of aromatic nitrogens is 4. The first kappa shape index (κ1) is 17.3. The Balaban J connectivity index is 1.46. The van der Waals surface area contributed by atoms with Crippen LogP contribution in [0.4, 0.5) is 11.6 Å². The van der Waals surface area contributed by atoms with Crippen molar-refractivity contribution in [2.75, 3.05) is 43.4 Å². The van der Waals surface area contributed by atoms with Crippen molar-refractivity contribution in [3.63, 3.8) is 0 Å². The molecule has 2 atom stereocenters. The molecular weight excluding hydrogens is 326 g/mol. The average Bonchev–Trinajstić information content (AvgIpc) is 3.32. The monoisotopic (exact) mass is 355 g/mol. The smallest absolute Gasteiger partial charge is 0.134 e. The highest BCUT2D eigenvalue weighted by Crippen LogP contribution is 2.34. The molecule has 7 heteroatoms. The molecule has 0 aliphatic carbocycles. The predicted octanol–water partition coefficient (Wildman–Crippen LogP) is 2.31. The van der Waals surface area contributed by atoms with E-state index in [1.54, 1.807) is 6.33 Å². The molecule has 2 aromatic heterocycles. The maximum Gasteiger partial charge on any atom is 0.134 e. The molecule has 1 N–H and O–H groups in total. The molecule has 2 fully saturated rings. The summed E-state index contributed by atoms with van der Waals surface area (Å²) in [6, 6.07) is 2.49. The molecule has 7 nitrogen and oxygen atoms in total. The van der Waals surface area contributed by atoms with Gasteiger partial charge in [0.2, 0.25) is 0 Å². The number of imidazole rings is 1. The van der Waals surface area contributed by atoms with Crippen LogP contribution in [0.25, 0.3) is 0 Å². The summed E-state index contributed by atoms with van der Waals surface area (Å²) >= 11 is 0. The summed E-state index contributed by atoms with van der Waals surface area (Å²) in [5.41, 5.74) is 1.29. The average molecular weight is 355 g/mol. The summed E-state index contributed by atoms with van der Waals surface area (Å²) in [6.07, 6.45) is 10.6. The normalized spacial score (nSPS) is 24.2. The number of hydrogen-bond acceptors (Lipinski definition) is 6. The van der Waals surface area contributed by atoms with Gasteiger partial charge in [-0.25, -0.2) is 15.0 Å². The van der Waals surface area contributed by atoms with Crippen LogP contribution in [0.1, 0.15) is 37.4 Å². The van der Waals surface area contributed by atoms with E-state index < -0.39 is 0 Å². The molecular formula is C19H29N7. The fourth-order valence-electron chi connectivity index (χ4n) is 4.39. The quantitative estimate of drug-likeness (QED) is 0.888. The number of piperidine rings is 1. The van der Waals surface area contributed by atoms with Gasteiger partial charge in [-0.15, -0.1) is 0 Å². The zero-order valence-corrected chi connectivity index (χ0v) is 15.8. The molecule has 2 aliphatic rings. The predicted molar refractivity (Wildman–Crippen MR) is 103 cm³/mol. The van der Waals surface area contributed by atoms with E-state index in [0.717, 1.165) is 37.8 Å². The van der Waals surface area contributed by atoms with Gasteiger partial charge in [-0.1, -0.05) is 0 Å². The van der Waals surface area contributed by atoms with Gasteiger partial charge in [0, 0.05) is 38.9 Å². The van der Waals surface area contributed by atoms with Crippen molar-refractivity contribution in [3.05, 3.63) is 30.6 Å². The lowest BCUT2D eigenvalue weighted by molar-refractivity contribution is 0.122. The van der Waals surface area contributed by atoms with Gasteiger partial charge in [-0.05, 0) is 45.2 Å². The van der Waals surface area contributed by atoms with Crippen LogP contribution < -0.4 is 10.2 Å². The Morgan fingerprint density at radius 3 is 2.73 bits per heavy atom. The number of hydrogen-bond donors (Lipinski definition) is 1. The SMILES string of the molecule is CN1CCC[C@@H](CNc2cc(N3CCCC3)ncn2)[C@@H]1c1cncn1C. The summed E-state index contributed by atoms with van der Waals surface area (Å²) in [6.45, 7) is 4.26. The minimum absolute atomic E-state index is 0.392. The Labute approximate surface area is 155 Å². The zero-order valence-electron chi connectivity index (χ0n) is 15.8. The fraction of sp³-hybridized carbons (Fsp3) is 0.632. The van der Waals surface area contributed by atoms with Gasteiger partial charge in [0.1, 0.15) is 18.0 Å². The van der Waals surface area contributed by atoms with Crippen LogP contribution in [0.15, 0.2) is 24.9 Å². The van der Waals surface area contributed by atoms with E-state index in [-0.39, 0.29) is 0 Å². The molecule has 0 unspecified atom stereocenters. The summed E-state index contributed by atoms with van der Waals surface area (Å²) in [5.74, 6) is 2.51. The van der Waals surface area contributed by atoms with Gasteiger partial charge in [0.05, 0.1) is 18.1 Å². The third-order valence-corrected chi connectivity index (χ3v) is 5.79. The first-order valence-electron chi connectivity index (χ1n) is 9.69. The Kier molecular flexibility index (Phi) is 5.06. The van der Waals surface area contributed by atoms with Crippen LogP contribution in [0, 0.1) is 5.92 Å². The number of nitrogens with zero attached hydrogens (tertiary/aromatic N) is 6. The van der Waals surface area contributed by atoms with Crippen molar-refractivity contribution in [1.29, 1.82) is 0 Å². The molecule has 0 spiro atoms. The van der Waals surface area contributed by atoms with Crippen molar-refractivity contribution < 1.29 is 0 Å². The number of likely N-dealkylation sites (tertiary alicyclic amines) is 1. The molecule has 2 aromatic rings. The van der Waals surface area contributed by atoms with Crippen molar-refractivity contribution in [2.45, 2.75) is 31.7 Å². The van der Waals surface area contributed by atoms with Crippen molar-refractivity contribution in [2.24, 2.45) is 13.0 Å². The van der Waals surface area contributed by atoms with Crippen LogP contribution in [-0.2, 0) is 7.05 Å². The Morgan fingerprint density at radius 1 is 1.12 bits per heavy atom. The van der Waals surface area contributed by atoms with E-state index in [1.165, 1.54) is 31.4 Å².